The molecule has 1 fully saturated rings. The Balaban J connectivity index is 1.62. The van der Waals surface area contributed by atoms with E-state index in [4.69, 9.17) is 23.8 Å². The van der Waals surface area contributed by atoms with Crippen LogP contribution in [0.5, 0.6) is 0 Å². The highest BCUT2D eigenvalue weighted by molar-refractivity contribution is 7.80. The topological polar surface area (TPSA) is 27.3 Å². The second-order valence-corrected chi connectivity index (χ2v) is 7.29. The highest BCUT2D eigenvalue weighted by Crippen LogP contribution is 2.20. The van der Waals surface area contributed by atoms with E-state index in [1.165, 1.54) is 19.5 Å². The van der Waals surface area contributed by atoms with Crippen molar-refractivity contribution in [2.45, 2.75) is 26.7 Å². The monoisotopic (exact) mass is 339 g/mol. The fourth-order valence-electron chi connectivity index (χ4n) is 3.19. The second-order valence-electron chi connectivity index (χ2n) is 6.45. The van der Waals surface area contributed by atoms with Crippen LogP contribution in [0.4, 0.5) is 5.69 Å². The lowest BCUT2D eigenvalue weighted by atomic mass is 9.92. The summed E-state index contributed by atoms with van der Waals surface area (Å²) in [5.41, 5.74) is 0.959. The number of likely N-dealkylation sites (tertiary alicyclic amines) is 1. The van der Waals surface area contributed by atoms with Crippen LogP contribution in [0, 0.1) is 11.8 Å². The summed E-state index contributed by atoms with van der Waals surface area (Å²) in [6.45, 7) is 9.22. The molecular formula is C17H26ClN3S. The predicted octanol–water partition coefficient (Wildman–Crippen LogP) is 3.99. The van der Waals surface area contributed by atoms with Gasteiger partial charge >= 0.3 is 0 Å². The molecule has 0 amide bonds. The van der Waals surface area contributed by atoms with Crippen LogP contribution in [0.3, 0.4) is 0 Å². The number of benzene rings is 1. The molecule has 1 aliphatic rings. The van der Waals surface area contributed by atoms with Crippen LogP contribution in [0.2, 0.25) is 5.02 Å². The number of nitrogens with zero attached hydrogens (tertiary/aromatic N) is 1. The largest absolute Gasteiger partial charge is 0.362 e. The molecular weight excluding hydrogens is 314 g/mol. The minimum Gasteiger partial charge on any atom is -0.362 e. The average Bonchev–Trinajstić information content (AvgIpc) is 2.45. The summed E-state index contributed by atoms with van der Waals surface area (Å²) in [7, 11) is 0. The van der Waals surface area contributed by atoms with Gasteiger partial charge in [-0.3, -0.25) is 0 Å². The van der Waals surface area contributed by atoms with E-state index >= 15 is 0 Å². The summed E-state index contributed by atoms with van der Waals surface area (Å²) in [4.78, 5) is 2.58. The molecule has 0 aliphatic carbocycles. The van der Waals surface area contributed by atoms with E-state index in [1.54, 1.807) is 0 Å². The van der Waals surface area contributed by atoms with Gasteiger partial charge < -0.3 is 15.5 Å². The standard InChI is InChI=1S/C17H26ClN3S/c1-13-10-14(2)12-21(11-13)9-3-8-19-17(22)20-16-6-4-15(18)5-7-16/h4-7,13-14H,3,8-12H2,1-2H3,(H2,19,20,22)/t13-,14+. The fourth-order valence-corrected chi connectivity index (χ4v) is 3.53. The van der Waals surface area contributed by atoms with Gasteiger partial charge in [0.1, 0.15) is 0 Å². The molecule has 1 aliphatic heterocycles. The molecule has 0 unspecified atom stereocenters. The molecule has 22 heavy (non-hydrogen) atoms. The maximum absolute atomic E-state index is 5.86. The quantitative estimate of drug-likeness (QED) is 0.626. The van der Waals surface area contributed by atoms with E-state index < -0.39 is 0 Å². The van der Waals surface area contributed by atoms with Crippen molar-refractivity contribution in [2.24, 2.45) is 11.8 Å². The van der Waals surface area contributed by atoms with E-state index in [1.807, 2.05) is 24.3 Å². The van der Waals surface area contributed by atoms with Crippen LogP contribution in [0.1, 0.15) is 26.7 Å². The Morgan fingerprint density at radius 2 is 1.86 bits per heavy atom. The van der Waals surface area contributed by atoms with Crippen LogP contribution in [0.15, 0.2) is 24.3 Å². The van der Waals surface area contributed by atoms with Gasteiger partial charge in [0.05, 0.1) is 0 Å². The molecule has 2 rings (SSSR count). The lowest BCUT2D eigenvalue weighted by molar-refractivity contribution is 0.140. The van der Waals surface area contributed by atoms with E-state index in [0.717, 1.165) is 42.1 Å². The van der Waals surface area contributed by atoms with Crippen LogP contribution in [-0.2, 0) is 0 Å². The lowest BCUT2D eigenvalue weighted by Gasteiger charge is -2.34. The Kier molecular flexibility index (Phi) is 6.93. The minimum absolute atomic E-state index is 0.669. The summed E-state index contributed by atoms with van der Waals surface area (Å²) in [5.74, 6) is 1.65. The summed E-state index contributed by atoms with van der Waals surface area (Å²) in [6.07, 6.45) is 2.48. The molecule has 1 saturated heterocycles. The first-order valence-corrected chi connectivity index (χ1v) is 8.84. The molecule has 5 heteroatoms. The molecule has 2 N–H and O–H groups in total. The molecule has 0 saturated carbocycles. The van der Waals surface area contributed by atoms with E-state index in [2.05, 4.69) is 29.4 Å². The zero-order valence-corrected chi connectivity index (χ0v) is 15.0. The van der Waals surface area contributed by atoms with E-state index in [9.17, 15) is 0 Å². The van der Waals surface area contributed by atoms with Crippen molar-refractivity contribution in [3.8, 4) is 0 Å². The van der Waals surface area contributed by atoms with Crippen molar-refractivity contribution in [1.29, 1.82) is 0 Å². The number of halogens is 1. The molecule has 0 radical (unpaired) electrons. The predicted molar refractivity (Wildman–Crippen MR) is 99.7 cm³/mol. The fraction of sp³-hybridized carbons (Fsp3) is 0.588. The molecule has 0 bridgehead atoms. The van der Waals surface area contributed by atoms with Crippen molar-refractivity contribution in [2.75, 3.05) is 31.5 Å². The van der Waals surface area contributed by atoms with Gasteiger partial charge in [-0.1, -0.05) is 25.4 Å². The number of anilines is 1. The molecule has 1 heterocycles. The van der Waals surface area contributed by atoms with Gasteiger partial charge in [0.25, 0.3) is 0 Å². The van der Waals surface area contributed by atoms with Crippen molar-refractivity contribution >= 4 is 34.6 Å². The zero-order chi connectivity index (χ0) is 15.9. The Labute approximate surface area is 144 Å². The number of hydrogen-bond donors (Lipinski definition) is 2. The number of thiocarbonyl (C=S) groups is 1. The number of piperidine rings is 1. The first-order valence-electron chi connectivity index (χ1n) is 8.05. The van der Waals surface area contributed by atoms with Gasteiger partial charge in [-0.2, -0.15) is 0 Å². The van der Waals surface area contributed by atoms with Gasteiger partial charge in [0.2, 0.25) is 0 Å². The summed E-state index contributed by atoms with van der Waals surface area (Å²) in [5, 5.41) is 7.84. The van der Waals surface area contributed by atoms with Gasteiger partial charge in [0, 0.05) is 30.3 Å². The van der Waals surface area contributed by atoms with Crippen LogP contribution in [-0.4, -0.2) is 36.2 Å². The smallest absolute Gasteiger partial charge is 0.170 e. The summed E-state index contributed by atoms with van der Waals surface area (Å²) < 4.78 is 0. The Hall–Kier alpha value is -0.840. The third kappa shape index (κ3) is 6.11. The third-order valence-corrected chi connectivity index (χ3v) is 4.48. The maximum Gasteiger partial charge on any atom is 0.170 e. The van der Waals surface area contributed by atoms with Crippen LogP contribution < -0.4 is 10.6 Å². The summed E-state index contributed by atoms with van der Waals surface area (Å²) >= 11 is 11.2. The second kappa shape index (κ2) is 8.70. The first-order chi connectivity index (χ1) is 10.5. The lowest BCUT2D eigenvalue weighted by Crippen LogP contribution is -2.40. The highest BCUT2D eigenvalue weighted by Gasteiger charge is 2.20. The number of hydrogen-bond acceptors (Lipinski definition) is 2. The molecule has 1 aromatic carbocycles. The Bertz CT molecular complexity index is 467. The van der Waals surface area contributed by atoms with Crippen LogP contribution in [0.25, 0.3) is 0 Å². The normalized spacial score (nSPS) is 22.3. The number of rotatable bonds is 5. The van der Waals surface area contributed by atoms with Crippen LogP contribution >= 0.6 is 23.8 Å². The van der Waals surface area contributed by atoms with E-state index in [0.29, 0.717) is 5.11 Å². The SMILES string of the molecule is C[C@@H]1C[C@H](C)CN(CCCNC(=S)Nc2ccc(Cl)cc2)C1. The maximum atomic E-state index is 5.86. The van der Waals surface area contributed by atoms with Crippen molar-refractivity contribution in [3.63, 3.8) is 0 Å². The van der Waals surface area contributed by atoms with Gasteiger partial charge in [-0.05, 0) is 67.7 Å². The number of nitrogens with one attached hydrogen (secondary N) is 2. The molecule has 0 spiro atoms. The Morgan fingerprint density at radius 3 is 2.50 bits per heavy atom. The third-order valence-electron chi connectivity index (χ3n) is 3.98. The van der Waals surface area contributed by atoms with E-state index in [-0.39, 0.29) is 0 Å². The molecule has 122 valence electrons. The van der Waals surface area contributed by atoms with Gasteiger partial charge in [-0.15, -0.1) is 0 Å². The minimum atomic E-state index is 0.669. The molecule has 2 atom stereocenters. The zero-order valence-electron chi connectivity index (χ0n) is 13.4. The summed E-state index contributed by atoms with van der Waals surface area (Å²) in [6, 6.07) is 7.55. The van der Waals surface area contributed by atoms with Crippen molar-refractivity contribution in [3.05, 3.63) is 29.3 Å². The van der Waals surface area contributed by atoms with Crippen molar-refractivity contribution < 1.29 is 0 Å². The first kappa shape index (κ1) is 17.5. The van der Waals surface area contributed by atoms with Gasteiger partial charge in [0.15, 0.2) is 5.11 Å². The molecule has 0 aromatic heterocycles. The Morgan fingerprint density at radius 1 is 1.23 bits per heavy atom. The highest BCUT2D eigenvalue weighted by atomic mass is 35.5. The average molecular weight is 340 g/mol. The molecule has 3 nitrogen and oxygen atoms in total. The van der Waals surface area contributed by atoms with Gasteiger partial charge in [-0.25, -0.2) is 0 Å². The van der Waals surface area contributed by atoms with Crippen molar-refractivity contribution in [1.82, 2.24) is 10.2 Å². The molecule has 1 aromatic rings.